The van der Waals surface area contributed by atoms with Crippen molar-refractivity contribution in [1.29, 1.82) is 0 Å². The van der Waals surface area contributed by atoms with E-state index in [1.54, 1.807) is 13.8 Å². The van der Waals surface area contributed by atoms with Crippen LogP contribution in [-0.4, -0.2) is 70.7 Å². The van der Waals surface area contributed by atoms with Crippen molar-refractivity contribution in [2.75, 3.05) is 13.1 Å². The van der Waals surface area contributed by atoms with Gasteiger partial charge in [-0.2, -0.15) is 0 Å². The van der Waals surface area contributed by atoms with E-state index in [1.807, 2.05) is 0 Å². The Hall–Kier alpha value is -3.30. The molecule has 0 aliphatic carbocycles. The van der Waals surface area contributed by atoms with Gasteiger partial charge in [-0.15, -0.1) is 0 Å². The van der Waals surface area contributed by atoms with E-state index in [-0.39, 0.29) is 25.9 Å². The Balaban J connectivity index is 1.57. The van der Waals surface area contributed by atoms with E-state index in [0.29, 0.717) is 12.8 Å². The lowest BCUT2D eigenvalue weighted by Gasteiger charge is -2.20. The molecule has 2 atom stereocenters. The third-order valence-electron chi connectivity index (χ3n) is 4.36. The smallest absolute Gasteiger partial charge is 0.306 e. The molecular weight excluding hydrogens is 396 g/mol. The summed E-state index contributed by atoms with van der Waals surface area (Å²) >= 11 is 0. The summed E-state index contributed by atoms with van der Waals surface area (Å²) < 4.78 is 10.3. The third-order valence-corrected chi connectivity index (χ3v) is 4.36. The number of nitrogens with zero attached hydrogens (tertiary/aromatic N) is 2. The molecule has 0 saturated carbocycles. The number of imide groups is 2. The van der Waals surface area contributed by atoms with Crippen molar-refractivity contribution in [3.63, 3.8) is 0 Å². The van der Waals surface area contributed by atoms with Gasteiger partial charge in [-0.25, -0.2) is 0 Å². The number of hydrogen-bond donors (Lipinski definition) is 0. The Morgan fingerprint density at radius 3 is 1.30 bits per heavy atom. The molecule has 4 amide bonds. The summed E-state index contributed by atoms with van der Waals surface area (Å²) in [7, 11) is 0. The largest absolute Gasteiger partial charge is 0.461 e. The number of amides is 4. The van der Waals surface area contributed by atoms with Gasteiger partial charge in [0.2, 0.25) is 0 Å². The summed E-state index contributed by atoms with van der Waals surface area (Å²) in [6.45, 7) is 3.14. The van der Waals surface area contributed by atoms with Gasteiger partial charge in [0.1, 0.15) is 12.2 Å². The van der Waals surface area contributed by atoms with Gasteiger partial charge in [0.25, 0.3) is 23.6 Å². The molecule has 0 N–H and O–H groups in total. The van der Waals surface area contributed by atoms with Crippen molar-refractivity contribution >= 4 is 35.6 Å². The van der Waals surface area contributed by atoms with E-state index in [1.165, 1.54) is 0 Å². The molecule has 0 saturated heterocycles. The van der Waals surface area contributed by atoms with Crippen LogP contribution in [0.15, 0.2) is 24.3 Å². The lowest BCUT2D eigenvalue weighted by Crippen LogP contribution is -2.37. The first-order valence-corrected chi connectivity index (χ1v) is 9.63. The molecule has 30 heavy (non-hydrogen) atoms. The zero-order valence-electron chi connectivity index (χ0n) is 16.9. The maximum absolute atomic E-state index is 11.8. The van der Waals surface area contributed by atoms with E-state index in [2.05, 4.69) is 0 Å². The summed E-state index contributed by atoms with van der Waals surface area (Å²) in [4.78, 5) is 71.6. The fraction of sp³-hybridized carbons (Fsp3) is 0.500. The van der Waals surface area contributed by atoms with Gasteiger partial charge in [-0.05, 0) is 26.7 Å². The van der Waals surface area contributed by atoms with E-state index in [9.17, 15) is 28.8 Å². The molecule has 10 nitrogen and oxygen atoms in total. The first-order chi connectivity index (χ1) is 14.2. The molecule has 0 spiro atoms. The van der Waals surface area contributed by atoms with Crippen molar-refractivity contribution in [3.8, 4) is 0 Å². The van der Waals surface area contributed by atoms with E-state index >= 15 is 0 Å². The fourth-order valence-corrected chi connectivity index (χ4v) is 2.92. The van der Waals surface area contributed by atoms with Crippen LogP contribution in [0.2, 0.25) is 0 Å². The molecule has 2 rings (SSSR count). The van der Waals surface area contributed by atoms with Crippen LogP contribution in [0.25, 0.3) is 0 Å². The number of unbranched alkanes of at least 4 members (excludes halogenated alkanes) is 1. The first kappa shape index (κ1) is 23.0. The lowest BCUT2D eigenvalue weighted by molar-refractivity contribution is -0.153. The Morgan fingerprint density at radius 2 is 1.00 bits per heavy atom. The van der Waals surface area contributed by atoms with Crippen LogP contribution in [0.5, 0.6) is 0 Å². The number of carbonyl (C=O) groups is 6. The molecule has 2 aliphatic rings. The molecular formula is C20H24N2O8. The van der Waals surface area contributed by atoms with Crippen LogP contribution in [0.1, 0.15) is 39.5 Å². The van der Waals surface area contributed by atoms with Gasteiger partial charge in [0, 0.05) is 37.1 Å². The highest BCUT2D eigenvalue weighted by Gasteiger charge is 2.27. The van der Waals surface area contributed by atoms with Crippen molar-refractivity contribution in [2.45, 2.75) is 51.7 Å². The average molecular weight is 420 g/mol. The number of rotatable bonds is 11. The monoisotopic (exact) mass is 420 g/mol. The number of hydrogen-bond acceptors (Lipinski definition) is 8. The van der Waals surface area contributed by atoms with Gasteiger partial charge < -0.3 is 9.47 Å². The van der Waals surface area contributed by atoms with E-state index < -0.39 is 47.8 Å². The SMILES string of the molecule is CC(CN1C(=O)C=CC1=O)OC(=O)CCCCC(=O)OC(C)CN1C(=O)C=CC1=O. The second-order valence-electron chi connectivity index (χ2n) is 7.05. The average Bonchev–Trinajstić information content (AvgIpc) is 3.15. The number of ether oxygens (including phenoxy) is 2. The molecule has 0 fully saturated rings. The van der Waals surface area contributed by atoms with Crippen molar-refractivity contribution in [3.05, 3.63) is 24.3 Å². The van der Waals surface area contributed by atoms with Crippen molar-refractivity contribution in [1.82, 2.24) is 9.80 Å². The predicted octanol–water partition coefficient (Wildman–Crippen LogP) is 0.260. The minimum absolute atomic E-state index is 0.0157. The highest BCUT2D eigenvalue weighted by molar-refractivity contribution is 6.13. The minimum Gasteiger partial charge on any atom is -0.461 e. The fourth-order valence-electron chi connectivity index (χ4n) is 2.92. The highest BCUT2D eigenvalue weighted by atomic mass is 16.5. The Bertz CT molecular complexity index is 699. The van der Waals surface area contributed by atoms with Crippen LogP contribution < -0.4 is 0 Å². The standard InChI is InChI=1S/C20H24N2O8/c1-13(11-21-15(23)7-8-16(21)24)29-19(27)5-3-4-6-20(28)30-14(2)12-22-17(25)9-10-18(22)26/h7-10,13-14H,3-6,11-12H2,1-2H3. The molecule has 2 heterocycles. The summed E-state index contributed by atoms with van der Waals surface area (Å²) in [5, 5.41) is 0. The predicted molar refractivity (Wildman–Crippen MR) is 101 cm³/mol. The Labute approximate surface area is 173 Å². The summed E-state index contributed by atoms with van der Waals surface area (Å²) in [6, 6.07) is 0. The summed E-state index contributed by atoms with van der Waals surface area (Å²) in [5.41, 5.74) is 0. The summed E-state index contributed by atoms with van der Waals surface area (Å²) in [5.74, 6) is -2.74. The highest BCUT2D eigenvalue weighted by Crippen LogP contribution is 2.10. The summed E-state index contributed by atoms with van der Waals surface area (Å²) in [6.07, 6.45) is 4.32. The van der Waals surface area contributed by atoms with Crippen LogP contribution in [0.4, 0.5) is 0 Å². The number of carbonyl (C=O) groups excluding carboxylic acids is 6. The second-order valence-corrected chi connectivity index (χ2v) is 7.05. The van der Waals surface area contributed by atoms with E-state index in [0.717, 1.165) is 34.1 Å². The third kappa shape index (κ3) is 6.64. The maximum Gasteiger partial charge on any atom is 0.306 e. The Morgan fingerprint density at radius 1 is 0.700 bits per heavy atom. The van der Waals surface area contributed by atoms with Crippen molar-refractivity contribution < 1.29 is 38.2 Å². The molecule has 2 aliphatic heterocycles. The lowest BCUT2D eigenvalue weighted by atomic mass is 10.2. The number of esters is 2. The molecule has 0 aromatic rings. The molecule has 0 aromatic heterocycles. The van der Waals surface area contributed by atoms with E-state index in [4.69, 9.17) is 9.47 Å². The van der Waals surface area contributed by atoms with Crippen LogP contribution in [0.3, 0.4) is 0 Å². The molecule has 0 bridgehead atoms. The van der Waals surface area contributed by atoms with Gasteiger partial charge >= 0.3 is 11.9 Å². The normalized spacial score (nSPS) is 17.7. The van der Waals surface area contributed by atoms with Crippen LogP contribution in [-0.2, 0) is 38.2 Å². The molecule has 162 valence electrons. The van der Waals surface area contributed by atoms with Crippen LogP contribution >= 0.6 is 0 Å². The van der Waals surface area contributed by atoms with Crippen molar-refractivity contribution in [2.24, 2.45) is 0 Å². The van der Waals surface area contributed by atoms with Gasteiger partial charge in [-0.3, -0.25) is 38.6 Å². The zero-order chi connectivity index (χ0) is 22.3. The van der Waals surface area contributed by atoms with Crippen LogP contribution in [0, 0.1) is 0 Å². The van der Waals surface area contributed by atoms with Gasteiger partial charge in [0.15, 0.2) is 0 Å². The van der Waals surface area contributed by atoms with Gasteiger partial charge in [0.05, 0.1) is 13.1 Å². The first-order valence-electron chi connectivity index (χ1n) is 9.63. The molecule has 0 aromatic carbocycles. The molecule has 10 heteroatoms. The topological polar surface area (TPSA) is 127 Å². The molecule has 2 unspecified atom stereocenters. The Kier molecular flexibility index (Phi) is 8.02. The quantitative estimate of drug-likeness (QED) is 0.265. The minimum atomic E-state index is -0.637. The zero-order valence-corrected chi connectivity index (χ0v) is 16.9. The van der Waals surface area contributed by atoms with Gasteiger partial charge in [-0.1, -0.05) is 0 Å². The second kappa shape index (κ2) is 10.5. The molecule has 0 radical (unpaired) electrons. The maximum atomic E-state index is 11.8.